The zero-order valence-electron chi connectivity index (χ0n) is 9.36. The second-order valence-corrected chi connectivity index (χ2v) is 4.22. The maximum Gasteiger partial charge on any atom is 0.401 e. The van der Waals surface area contributed by atoms with Crippen molar-refractivity contribution in [1.82, 2.24) is 5.32 Å². The van der Waals surface area contributed by atoms with Crippen molar-refractivity contribution >= 4 is 5.97 Å². The Kier molecular flexibility index (Phi) is 3.83. The number of halogens is 3. The van der Waals surface area contributed by atoms with Crippen LogP contribution in [0.4, 0.5) is 13.2 Å². The zero-order valence-corrected chi connectivity index (χ0v) is 9.36. The van der Waals surface area contributed by atoms with Crippen LogP contribution >= 0.6 is 0 Å². The molecule has 1 saturated carbocycles. The average molecular weight is 239 g/mol. The van der Waals surface area contributed by atoms with Crippen molar-refractivity contribution in [3.8, 4) is 0 Å². The highest BCUT2D eigenvalue weighted by atomic mass is 19.4. The Morgan fingerprint density at radius 3 is 2.56 bits per heavy atom. The lowest BCUT2D eigenvalue weighted by atomic mass is 9.88. The summed E-state index contributed by atoms with van der Waals surface area (Å²) in [6, 6.07) is 0. The second-order valence-electron chi connectivity index (χ2n) is 4.22. The normalized spacial score (nSPS) is 30.4. The number of nitrogens with one attached hydrogen (secondary N) is 1. The van der Waals surface area contributed by atoms with Gasteiger partial charge in [-0.1, -0.05) is 13.3 Å². The first-order valence-electron chi connectivity index (χ1n) is 5.22. The van der Waals surface area contributed by atoms with Gasteiger partial charge in [-0.05, 0) is 18.8 Å². The summed E-state index contributed by atoms with van der Waals surface area (Å²) in [7, 11) is 1.20. The molecule has 0 spiro atoms. The molecule has 0 aliphatic heterocycles. The fourth-order valence-corrected chi connectivity index (χ4v) is 2.26. The van der Waals surface area contributed by atoms with E-state index in [-0.39, 0.29) is 5.92 Å². The van der Waals surface area contributed by atoms with Gasteiger partial charge in [0.1, 0.15) is 5.54 Å². The van der Waals surface area contributed by atoms with Crippen molar-refractivity contribution < 1.29 is 22.7 Å². The van der Waals surface area contributed by atoms with E-state index in [9.17, 15) is 18.0 Å². The Morgan fingerprint density at radius 2 is 2.19 bits per heavy atom. The number of alkyl halides is 3. The Bertz CT molecular complexity index is 267. The summed E-state index contributed by atoms with van der Waals surface area (Å²) in [6.07, 6.45) is -2.44. The molecule has 0 aromatic carbocycles. The Balaban J connectivity index is 2.76. The van der Waals surface area contributed by atoms with E-state index >= 15 is 0 Å². The summed E-state index contributed by atoms with van der Waals surface area (Å²) in [5, 5.41) is 2.34. The zero-order chi connectivity index (χ0) is 12.4. The van der Waals surface area contributed by atoms with Gasteiger partial charge in [-0.15, -0.1) is 0 Å². The van der Waals surface area contributed by atoms with Crippen LogP contribution in [0.1, 0.15) is 26.2 Å². The molecule has 0 aromatic rings. The molecule has 0 bridgehead atoms. The van der Waals surface area contributed by atoms with Crippen LogP contribution in [0.5, 0.6) is 0 Å². The molecule has 0 amide bonds. The van der Waals surface area contributed by atoms with Gasteiger partial charge in [-0.3, -0.25) is 10.1 Å². The van der Waals surface area contributed by atoms with Crippen LogP contribution in [0.3, 0.4) is 0 Å². The number of carbonyl (C=O) groups excluding carboxylic acids is 1. The van der Waals surface area contributed by atoms with Crippen LogP contribution in [-0.4, -0.2) is 31.3 Å². The molecule has 1 N–H and O–H groups in total. The van der Waals surface area contributed by atoms with Gasteiger partial charge in [-0.2, -0.15) is 13.2 Å². The molecular weight excluding hydrogens is 223 g/mol. The van der Waals surface area contributed by atoms with Gasteiger partial charge in [0.15, 0.2) is 0 Å². The highest BCUT2D eigenvalue weighted by Gasteiger charge is 2.49. The van der Waals surface area contributed by atoms with Gasteiger partial charge in [0.25, 0.3) is 0 Å². The van der Waals surface area contributed by atoms with Gasteiger partial charge in [0.05, 0.1) is 13.7 Å². The van der Waals surface area contributed by atoms with E-state index in [0.29, 0.717) is 6.42 Å². The highest BCUT2D eigenvalue weighted by molar-refractivity contribution is 5.81. The molecule has 0 radical (unpaired) electrons. The minimum absolute atomic E-state index is 0.137. The Labute approximate surface area is 92.3 Å². The number of hydrogen-bond acceptors (Lipinski definition) is 3. The molecule has 0 aromatic heterocycles. The summed E-state index contributed by atoms with van der Waals surface area (Å²) in [4.78, 5) is 11.6. The quantitative estimate of drug-likeness (QED) is 0.764. The molecule has 1 aliphatic carbocycles. The summed E-state index contributed by atoms with van der Waals surface area (Å²) in [6.45, 7) is 0.611. The summed E-state index contributed by atoms with van der Waals surface area (Å²) in [5.74, 6) is -0.732. The van der Waals surface area contributed by atoms with E-state index in [4.69, 9.17) is 0 Å². The molecule has 2 atom stereocenters. The summed E-state index contributed by atoms with van der Waals surface area (Å²) in [5.41, 5.74) is -1.16. The van der Waals surface area contributed by atoms with Crippen LogP contribution in [0.2, 0.25) is 0 Å². The third-order valence-corrected chi connectivity index (χ3v) is 3.20. The van der Waals surface area contributed by atoms with Crippen molar-refractivity contribution in [2.45, 2.75) is 37.9 Å². The third-order valence-electron chi connectivity index (χ3n) is 3.20. The first-order valence-corrected chi connectivity index (χ1v) is 5.22. The number of ether oxygens (including phenoxy) is 1. The largest absolute Gasteiger partial charge is 0.468 e. The maximum atomic E-state index is 12.2. The number of esters is 1. The van der Waals surface area contributed by atoms with E-state index in [2.05, 4.69) is 10.1 Å². The van der Waals surface area contributed by atoms with Crippen molar-refractivity contribution in [2.24, 2.45) is 5.92 Å². The molecule has 1 rings (SSSR count). The van der Waals surface area contributed by atoms with Gasteiger partial charge in [0, 0.05) is 0 Å². The first kappa shape index (κ1) is 13.3. The molecule has 0 saturated heterocycles. The minimum atomic E-state index is -4.32. The topological polar surface area (TPSA) is 38.3 Å². The van der Waals surface area contributed by atoms with Crippen molar-refractivity contribution in [3.63, 3.8) is 0 Å². The lowest BCUT2D eigenvalue weighted by molar-refractivity contribution is -0.155. The Hall–Kier alpha value is -0.780. The van der Waals surface area contributed by atoms with Crippen LogP contribution < -0.4 is 5.32 Å². The molecule has 16 heavy (non-hydrogen) atoms. The van der Waals surface area contributed by atoms with Gasteiger partial charge < -0.3 is 4.74 Å². The molecule has 0 heterocycles. The standard InChI is InChI=1S/C10H16F3NO2/c1-7-4-3-5-9(7,8(15)16-2)14-6-10(11,12)13/h7,14H,3-6H2,1-2H3. The molecule has 1 fully saturated rings. The second kappa shape index (κ2) is 4.61. The fraction of sp³-hybridized carbons (Fsp3) is 0.900. The predicted molar refractivity (Wildman–Crippen MR) is 51.8 cm³/mol. The minimum Gasteiger partial charge on any atom is -0.468 e. The number of methoxy groups -OCH3 is 1. The van der Waals surface area contributed by atoms with E-state index in [1.54, 1.807) is 6.92 Å². The van der Waals surface area contributed by atoms with Crippen LogP contribution in [-0.2, 0) is 9.53 Å². The van der Waals surface area contributed by atoms with Gasteiger partial charge in [-0.25, -0.2) is 0 Å². The van der Waals surface area contributed by atoms with E-state index in [0.717, 1.165) is 12.8 Å². The van der Waals surface area contributed by atoms with Crippen molar-refractivity contribution in [1.29, 1.82) is 0 Å². The third kappa shape index (κ3) is 2.66. The van der Waals surface area contributed by atoms with E-state index in [1.807, 2.05) is 0 Å². The van der Waals surface area contributed by atoms with Crippen LogP contribution in [0.25, 0.3) is 0 Å². The number of rotatable bonds is 3. The van der Waals surface area contributed by atoms with Crippen molar-refractivity contribution in [2.75, 3.05) is 13.7 Å². The Morgan fingerprint density at radius 1 is 1.56 bits per heavy atom. The average Bonchev–Trinajstić information content (AvgIpc) is 2.56. The number of carbonyl (C=O) groups is 1. The summed E-state index contributed by atoms with van der Waals surface area (Å²) < 4.78 is 41.1. The highest BCUT2D eigenvalue weighted by Crippen LogP contribution is 2.37. The molecule has 3 nitrogen and oxygen atoms in total. The molecule has 2 unspecified atom stereocenters. The van der Waals surface area contributed by atoms with Gasteiger partial charge in [0.2, 0.25) is 0 Å². The summed E-state index contributed by atoms with van der Waals surface area (Å²) >= 11 is 0. The molecular formula is C10H16F3NO2. The molecule has 1 aliphatic rings. The lowest BCUT2D eigenvalue weighted by Crippen LogP contribution is -2.57. The van der Waals surface area contributed by atoms with E-state index < -0.39 is 24.2 Å². The molecule has 94 valence electrons. The van der Waals surface area contributed by atoms with Crippen molar-refractivity contribution in [3.05, 3.63) is 0 Å². The number of hydrogen-bond donors (Lipinski definition) is 1. The van der Waals surface area contributed by atoms with Crippen LogP contribution in [0, 0.1) is 5.92 Å². The van der Waals surface area contributed by atoms with E-state index in [1.165, 1.54) is 7.11 Å². The monoisotopic (exact) mass is 239 g/mol. The van der Waals surface area contributed by atoms with Crippen LogP contribution in [0.15, 0.2) is 0 Å². The SMILES string of the molecule is COC(=O)C1(NCC(F)(F)F)CCCC1C. The molecule has 6 heteroatoms. The predicted octanol–water partition coefficient (Wildman–Crippen LogP) is 1.87. The maximum absolute atomic E-state index is 12.2. The smallest absolute Gasteiger partial charge is 0.401 e. The first-order chi connectivity index (χ1) is 7.32. The lowest BCUT2D eigenvalue weighted by Gasteiger charge is -2.32. The fourth-order valence-electron chi connectivity index (χ4n) is 2.26. The van der Waals surface area contributed by atoms with Gasteiger partial charge >= 0.3 is 12.1 Å².